The number of aromatic nitrogens is 1. The van der Waals surface area contributed by atoms with Crippen LogP contribution < -0.4 is 5.73 Å². The number of pyridine rings is 1. The Kier molecular flexibility index (Phi) is 3.17. The molecule has 2 heterocycles. The van der Waals surface area contributed by atoms with Crippen LogP contribution in [0.5, 0.6) is 0 Å². The third-order valence-electron chi connectivity index (χ3n) is 2.84. The smallest absolute Gasteiger partial charge is 0.305 e. The summed E-state index contributed by atoms with van der Waals surface area (Å²) in [7, 11) is 0. The van der Waals surface area contributed by atoms with E-state index in [1.165, 1.54) is 0 Å². The van der Waals surface area contributed by atoms with Crippen LogP contribution in [0.15, 0.2) is 24.5 Å². The van der Waals surface area contributed by atoms with Crippen LogP contribution in [0.1, 0.15) is 18.0 Å². The first kappa shape index (κ1) is 11.0. The van der Waals surface area contributed by atoms with Gasteiger partial charge in [-0.3, -0.25) is 14.7 Å². The Morgan fingerprint density at radius 3 is 2.69 bits per heavy atom. The van der Waals surface area contributed by atoms with Crippen molar-refractivity contribution in [2.75, 3.05) is 13.1 Å². The third kappa shape index (κ3) is 2.37. The van der Waals surface area contributed by atoms with Gasteiger partial charge in [0.25, 0.3) is 0 Å². The number of carboxylic acid groups (broad SMARTS) is 1. The molecule has 0 radical (unpaired) electrons. The highest BCUT2D eigenvalue weighted by Crippen LogP contribution is 2.27. The Morgan fingerprint density at radius 2 is 2.19 bits per heavy atom. The monoisotopic (exact) mass is 221 g/mol. The standard InChI is InChI=1S/C11H15N3O2/c12-9-6-14(7-9)10(5-11(15)16)8-1-3-13-4-2-8/h1-4,9-10H,5-7,12H2,(H,15,16). The number of carbonyl (C=O) groups is 1. The molecule has 0 bridgehead atoms. The minimum atomic E-state index is -0.790. The molecule has 1 atom stereocenters. The molecule has 1 unspecified atom stereocenters. The molecule has 1 saturated heterocycles. The summed E-state index contributed by atoms with van der Waals surface area (Å²) in [6, 6.07) is 3.81. The average Bonchev–Trinajstić information content (AvgIpc) is 2.23. The summed E-state index contributed by atoms with van der Waals surface area (Å²) < 4.78 is 0. The van der Waals surface area contributed by atoms with Crippen LogP contribution in [-0.4, -0.2) is 40.1 Å². The van der Waals surface area contributed by atoms with Gasteiger partial charge in [-0.2, -0.15) is 0 Å². The molecule has 3 N–H and O–H groups in total. The fourth-order valence-electron chi connectivity index (χ4n) is 2.01. The number of likely N-dealkylation sites (tertiary alicyclic amines) is 1. The van der Waals surface area contributed by atoms with Crippen molar-refractivity contribution in [1.82, 2.24) is 9.88 Å². The molecule has 0 aromatic carbocycles. The Bertz CT molecular complexity index is 363. The predicted octanol–water partition coefficient (Wildman–Crippen LogP) is 0.240. The molecule has 0 amide bonds. The minimum Gasteiger partial charge on any atom is -0.481 e. The van der Waals surface area contributed by atoms with Crippen LogP contribution in [0.2, 0.25) is 0 Å². The largest absolute Gasteiger partial charge is 0.481 e. The Morgan fingerprint density at radius 1 is 1.56 bits per heavy atom. The van der Waals surface area contributed by atoms with Crippen molar-refractivity contribution in [2.45, 2.75) is 18.5 Å². The van der Waals surface area contributed by atoms with Crippen molar-refractivity contribution in [1.29, 1.82) is 0 Å². The van der Waals surface area contributed by atoms with Crippen LogP contribution in [0.25, 0.3) is 0 Å². The van der Waals surface area contributed by atoms with E-state index >= 15 is 0 Å². The lowest BCUT2D eigenvalue weighted by atomic mass is 9.98. The quantitative estimate of drug-likeness (QED) is 0.761. The molecular formula is C11H15N3O2. The van der Waals surface area contributed by atoms with Crippen molar-refractivity contribution in [3.63, 3.8) is 0 Å². The van der Waals surface area contributed by atoms with E-state index in [4.69, 9.17) is 10.8 Å². The summed E-state index contributed by atoms with van der Waals surface area (Å²) in [6.45, 7) is 1.53. The fraction of sp³-hybridized carbons (Fsp3) is 0.455. The van der Waals surface area contributed by atoms with Gasteiger partial charge in [-0.25, -0.2) is 0 Å². The zero-order valence-corrected chi connectivity index (χ0v) is 8.91. The zero-order valence-electron chi connectivity index (χ0n) is 8.91. The Hall–Kier alpha value is -1.46. The Balaban J connectivity index is 2.12. The lowest BCUT2D eigenvalue weighted by Gasteiger charge is -2.42. The summed E-state index contributed by atoms with van der Waals surface area (Å²) in [4.78, 5) is 16.9. The van der Waals surface area contributed by atoms with Gasteiger partial charge in [0.1, 0.15) is 0 Å². The van der Waals surface area contributed by atoms with Gasteiger partial charge in [0.15, 0.2) is 0 Å². The lowest BCUT2D eigenvalue weighted by molar-refractivity contribution is -0.139. The second-order valence-electron chi connectivity index (χ2n) is 4.11. The summed E-state index contributed by atoms with van der Waals surface area (Å²) in [5, 5.41) is 8.91. The molecule has 5 heteroatoms. The molecule has 2 rings (SSSR count). The molecule has 16 heavy (non-hydrogen) atoms. The maximum atomic E-state index is 10.8. The molecule has 0 saturated carbocycles. The lowest BCUT2D eigenvalue weighted by Crippen LogP contribution is -2.56. The maximum absolute atomic E-state index is 10.8. The van der Waals surface area contributed by atoms with Crippen molar-refractivity contribution < 1.29 is 9.90 Å². The van der Waals surface area contributed by atoms with Gasteiger partial charge in [-0.15, -0.1) is 0 Å². The van der Waals surface area contributed by atoms with Gasteiger partial charge in [0.05, 0.1) is 6.42 Å². The van der Waals surface area contributed by atoms with E-state index in [-0.39, 0.29) is 18.5 Å². The van der Waals surface area contributed by atoms with Crippen molar-refractivity contribution >= 4 is 5.97 Å². The normalized spacial score (nSPS) is 19.1. The molecule has 5 nitrogen and oxygen atoms in total. The van der Waals surface area contributed by atoms with Crippen LogP contribution >= 0.6 is 0 Å². The SMILES string of the molecule is NC1CN(C(CC(=O)O)c2ccncc2)C1. The van der Waals surface area contributed by atoms with Gasteiger partial charge in [0, 0.05) is 37.6 Å². The van der Waals surface area contributed by atoms with Gasteiger partial charge >= 0.3 is 5.97 Å². The highest BCUT2D eigenvalue weighted by atomic mass is 16.4. The van der Waals surface area contributed by atoms with Crippen molar-refractivity contribution in [2.24, 2.45) is 5.73 Å². The van der Waals surface area contributed by atoms with Gasteiger partial charge in [-0.1, -0.05) is 0 Å². The van der Waals surface area contributed by atoms with Crippen molar-refractivity contribution in [3.05, 3.63) is 30.1 Å². The van der Waals surface area contributed by atoms with E-state index in [1.807, 2.05) is 12.1 Å². The molecular weight excluding hydrogens is 206 g/mol. The highest BCUT2D eigenvalue weighted by Gasteiger charge is 2.32. The van der Waals surface area contributed by atoms with Crippen LogP contribution in [0, 0.1) is 0 Å². The molecule has 0 spiro atoms. The second kappa shape index (κ2) is 4.59. The van der Waals surface area contributed by atoms with Gasteiger partial charge in [-0.05, 0) is 17.7 Å². The first-order valence-corrected chi connectivity index (χ1v) is 5.28. The van der Waals surface area contributed by atoms with Gasteiger partial charge in [0.2, 0.25) is 0 Å². The van der Waals surface area contributed by atoms with Crippen molar-refractivity contribution in [3.8, 4) is 0 Å². The summed E-state index contributed by atoms with van der Waals surface area (Å²) >= 11 is 0. The summed E-state index contributed by atoms with van der Waals surface area (Å²) in [5.74, 6) is -0.790. The molecule has 1 aliphatic rings. The number of carboxylic acids is 1. The van der Waals surface area contributed by atoms with Crippen LogP contribution in [0.3, 0.4) is 0 Å². The van der Waals surface area contributed by atoms with Crippen LogP contribution in [0.4, 0.5) is 0 Å². The van der Waals surface area contributed by atoms with E-state index in [9.17, 15) is 4.79 Å². The molecule has 86 valence electrons. The Labute approximate surface area is 93.9 Å². The molecule has 0 aliphatic carbocycles. The summed E-state index contributed by atoms with van der Waals surface area (Å²) in [5.41, 5.74) is 6.70. The van der Waals surface area contributed by atoms with E-state index < -0.39 is 5.97 Å². The maximum Gasteiger partial charge on any atom is 0.305 e. The number of hydrogen-bond donors (Lipinski definition) is 2. The number of nitrogens with two attached hydrogens (primary N) is 1. The fourth-order valence-corrected chi connectivity index (χ4v) is 2.01. The van der Waals surface area contributed by atoms with E-state index in [2.05, 4.69) is 9.88 Å². The third-order valence-corrected chi connectivity index (χ3v) is 2.84. The van der Waals surface area contributed by atoms with Crippen LogP contribution in [-0.2, 0) is 4.79 Å². The molecule has 1 fully saturated rings. The summed E-state index contributed by atoms with van der Waals surface area (Å²) in [6.07, 6.45) is 3.48. The number of nitrogens with zero attached hydrogens (tertiary/aromatic N) is 2. The number of aliphatic carboxylic acids is 1. The molecule has 1 aromatic heterocycles. The molecule has 1 aromatic rings. The highest BCUT2D eigenvalue weighted by molar-refractivity contribution is 5.68. The first-order valence-electron chi connectivity index (χ1n) is 5.28. The minimum absolute atomic E-state index is 0.0831. The first-order chi connectivity index (χ1) is 7.66. The van der Waals surface area contributed by atoms with E-state index in [1.54, 1.807) is 12.4 Å². The number of hydrogen-bond acceptors (Lipinski definition) is 4. The topological polar surface area (TPSA) is 79.5 Å². The number of rotatable bonds is 4. The molecule has 1 aliphatic heterocycles. The van der Waals surface area contributed by atoms with E-state index in [0.717, 1.165) is 18.7 Å². The second-order valence-corrected chi connectivity index (χ2v) is 4.11. The average molecular weight is 221 g/mol. The van der Waals surface area contributed by atoms with Gasteiger partial charge < -0.3 is 10.8 Å². The zero-order chi connectivity index (χ0) is 11.5. The predicted molar refractivity (Wildman–Crippen MR) is 58.8 cm³/mol. The van der Waals surface area contributed by atoms with E-state index in [0.29, 0.717) is 0 Å².